The molecule has 1 aromatic carbocycles. The standard InChI is InChI=1S/C25H25N3OS/c1-17(15-18-7-3-2-4-8-18)16-29-24-22-20-9-5-6-10-21(20)30-25(22)28-23(27-24)19-11-13-26-14-12-19/h2-4,7-8,11-14,17H,5-6,9-10,15-16H2,1H3. The molecule has 152 valence electrons. The van der Waals surface area contributed by atoms with Gasteiger partial charge in [0, 0.05) is 22.8 Å². The molecule has 0 bridgehead atoms. The number of ether oxygens (including phenoxy) is 1. The van der Waals surface area contributed by atoms with Crippen molar-refractivity contribution in [1.29, 1.82) is 0 Å². The molecule has 3 aromatic heterocycles. The molecule has 1 aliphatic carbocycles. The van der Waals surface area contributed by atoms with Gasteiger partial charge in [-0.2, -0.15) is 4.98 Å². The Labute approximate surface area is 181 Å². The summed E-state index contributed by atoms with van der Waals surface area (Å²) in [7, 11) is 0. The molecule has 0 radical (unpaired) electrons. The average Bonchev–Trinajstić information content (AvgIpc) is 3.17. The number of thiophene rings is 1. The van der Waals surface area contributed by atoms with E-state index in [0.29, 0.717) is 18.3 Å². The van der Waals surface area contributed by atoms with Gasteiger partial charge in [-0.05, 0) is 61.3 Å². The Balaban J connectivity index is 1.48. The fraction of sp³-hybridized carbons (Fsp3) is 0.320. The molecule has 30 heavy (non-hydrogen) atoms. The highest BCUT2D eigenvalue weighted by Gasteiger charge is 2.22. The van der Waals surface area contributed by atoms with Crippen LogP contribution in [0.3, 0.4) is 0 Å². The molecule has 0 saturated carbocycles. The van der Waals surface area contributed by atoms with Crippen LogP contribution in [-0.4, -0.2) is 21.6 Å². The lowest BCUT2D eigenvalue weighted by atomic mass is 9.97. The number of pyridine rings is 1. The first-order chi connectivity index (χ1) is 14.8. The summed E-state index contributed by atoms with van der Waals surface area (Å²) in [6.07, 6.45) is 9.29. The zero-order chi connectivity index (χ0) is 20.3. The van der Waals surface area contributed by atoms with Gasteiger partial charge in [-0.1, -0.05) is 37.3 Å². The SMILES string of the molecule is CC(COc1nc(-c2ccncc2)nc2sc3c(c12)CCCC3)Cc1ccccc1. The van der Waals surface area contributed by atoms with E-state index >= 15 is 0 Å². The number of aryl methyl sites for hydroxylation is 2. The highest BCUT2D eigenvalue weighted by atomic mass is 32.1. The predicted molar refractivity (Wildman–Crippen MR) is 122 cm³/mol. The third-order valence-electron chi connectivity index (χ3n) is 5.65. The van der Waals surface area contributed by atoms with Gasteiger partial charge in [0.15, 0.2) is 5.82 Å². The van der Waals surface area contributed by atoms with Crippen molar-refractivity contribution >= 4 is 21.6 Å². The molecule has 1 unspecified atom stereocenters. The Morgan fingerprint density at radius 3 is 2.63 bits per heavy atom. The van der Waals surface area contributed by atoms with Gasteiger partial charge in [-0.3, -0.25) is 4.98 Å². The normalized spacial score (nSPS) is 14.4. The topological polar surface area (TPSA) is 47.9 Å². The quantitative estimate of drug-likeness (QED) is 0.394. The summed E-state index contributed by atoms with van der Waals surface area (Å²) < 4.78 is 6.38. The Kier molecular flexibility index (Phi) is 5.45. The first-order valence-electron chi connectivity index (χ1n) is 10.7. The van der Waals surface area contributed by atoms with Crippen LogP contribution in [0.15, 0.2) is 54.9 Å². The van der Waals surface area contributed by atoms with Crippen LogP contribution in [0.2, 0.25) is 0 Å². The van der Waals surface area contributed by atoms with Gasteiger partial charge in [0.05, 0.1) is 12.0 Å². The molecular weight excluding hydrogens is 390 g/mol. The Hall–Kier alpha value is -2.79. The number of hydrogen-bond donors (Lipinski definition) is 0. The van der Waals surface area contributed by atoms with Crippen molar-refractivity contribution in [3.8, 4) is 17.3 Å². The molecular formula is C25H25N3OS. The molecule has 0 amide bonds. The summed E-state index contributed by atoms with van der Waals surface area (Å²) in [4.78, 5) is 16.4. The predicted octanol–water partition coefficient (Wildman–Crippen LogP) is 5.89. The van der Waals surface area contributed by atoms with Gasteiger partial charge < -0.3 is 4.74 Å². The van der Waals surface area contributed by atoms with Crippen LogP contribution in [0, 0.1) is 5.92 Å². The first-order valence-corrected chi connectivity index (χ1v) is 11.5. The lowest BCUT2D eigenvalue weighted by Gasteiger charge is -2.15. The highest BCUT2D eigenvalue weighted by molar-refractivity contribution is 7.18. The largest absolute Gasteiger partial charge is 0.477 e. The van der Waals surface area contributed by atoms with Crippen LogP contribution in [-0.2, 0) is 19.3 Å². The first kappa shape index (κ1) is 19.2. The fourth-order valence-electron chi connectivity index (χ4n) is 4.16. The minimum absolute atomic E-state index is 0.399. The number of hydrogen-bond acceptors (Lipinski definition) is 5. The zero-order valence-corrected chi connectivity index (χ0v) is 18.0. The Morgan fingerprint density at radius 2 is 1.80 bits per heavy atom. The Morgan fingerprint density at radius 1 is 1.00 bits per heavy atom. The van der Waals surface area contributed by atoms with E-state index in [4.69, 9.17) is 14.7 Å². The minimum atomic E-state index is 0.399. The molecule has 3 heterocycles. The molecule has 0 fully saturated rings. The van der Waals surface area contributed by atoms with Crippen molar-refractivity contribution in [2.75, 3.05) is 6.61 Å². The minimum Gasteiger partial charge on any atom is -0.477 e. The summed E-state index contributed by atoms with van der Waals surface area (Å²) in [6, 6.07) is 14.5. The Bertz CT molecular complexity index is 1140. The maximum Gasteiger partial charge on any atom is 0.226 e. The number of rotatable bonds is 6. The van der Waals surface area contributed by atoms with Crippen molar-refractivity contribution in [2.45, 2.75) is 39.0 Å². The van der Waals surface area contributed by atoms with Crippen molar-refractivity contribution < 1.29 is 4.74 Å². The number of nitrogens with zero attached hydrogens (tertiary/aromatic N) is 3. The summed E-state index contributed by atoms with van der Waals surface area (Å²) in [6.45, 7) is 2.87. The monoisotopic (exact) mass is 415 g/mol. The molecule has 0 spiro atoms. The van der Waals surface area contributed by atoms with Gasteiger partial charge >= 0.3 is 0 Å². The zero-order valence-electron chi connectivity index (χ0n) is 17.2. The fourth-order valence-corrected chi connectivity index (χ4v) is 5.41. The lowest BCUT2D eigenvalue weighted by Crippen LogP contribution is -2.13. The molecule has 0 N–H and O–H groups in total. The van der Waals surface area contributed by atoms with E-state index in [0.717, 1.165) is 40.9 Å². The summed E-state index contributed by atoms with van der Waals surface area (Å²) >= 11 is 1.81. The second-order valence-electron chi connectivity index (χ2n) is 8.09. The van der Waals surface area contributed by atoms with Gasteiger partial charge in [-0.25, -0.2) is 4.98 Å². The summed E-state index contributed by atoms with van der Waals surface area (Å²) in [5, 5.41) is 1.14. The second kappa shape index (κ2) is 8.52. The van der Waals surface area contributed by atoms with E-state index in [9.17, 15) is 0 Å². The molecule has 4 aromatic rings. The van der Waals surface area contributed by atoms with Crippen molar-refractivity contribution in [2.24, 2.45) is 5.92 Å². The van der Waals surface area contributed by atoms with Gasteiger partial charge in [0.25, 0.3) is 0 Å². The number of aromatic nitrogens is 3. The van der Waals surface area contributed by atoms with E-state index in [1.165, 1.54) is 28.8 Å². The van der Waals surface area contributed by atoms with Crippen LogP contribution in [0.1, 0.15) is 35.8 Å². The van der Waals surface area contributed by atoms with E-state index in [1.54, 1.807) is 12.4 Å². The molecule has 5 rings (SSSR count). The second-order valence-corrected chi connectivity index (χ2v) is 9.17. The van der Waals surface area contributed by atoms with Crippen molar-refractivity contribution in [1.82, 2.24) is 15.0 Å². The molecule has 1 atom stereocenters. The lowest BCUT2D eigenvalue weighted by molar-refractivity contribution is 0.253. The summed E-state index contributed by atoms with van der Waals surface area (Å²) in [5.74, 6) is 1.86. The smallest absolute Gasteiger partial charge is 0.226 e. The summed E-state index contributed by atoms with van der Waals surface area (Å²) in [5.41, 5.74) is 3.72. The molecule has 4 nitrogen and oxygen atoms in total. The van der Waals surface area contributed by atoms with E-state index in [-0.39, 0.29) is 0 Å². The van der Waals surface area contributed by atoms with Crippen LogP contribution >= 0.6 is 11.3 Å². The molecule has 1 aliphatic rings. The van der Waals surface area contributed by atoms with Gasteiger partial charge in [0.1, 0.15) is 4.83 Å². The number of benzene rings is 1. The van der Waals surface area contributed by atoms with E-state index in [2.05, 4.69) is 42.2 Å². The maximum atomic E-state index is 6.38. The maximum absolute atomic E-state index is 6.38. The molecule has 0 aliphatic heterocycles. The van der Waals surface area contributed by atoms with Crippen LogP contribution in [0.4, 0.5) is 0 Å². The average molecular weight is 416 g/mol. The molecule has 0 saturated heterocycles. The highest BCUT2D eigenvalue weighted by Crippen LogP contribution is 2.40. The van der Waals surface area contributed by atoms with Crippen molar-refractivity contribution in [3.05, 3.63) is 70.9 Å². The van der Waals surface area contributed by atoms with E-state index < -0.39 is 0 Å². The third-order valence-corrected chi connectivity index (χ3v) is 6.84. The molecule has 5 heteroatoms. The van der Waals surface area contributed by atoms with Crippen LogP contribution < -0.4 is 4.74 Å². The van der Waals surface area contributed by atoms with Crippen LogP contribution in [0.25, 0.3) is 21.6 Å². The van der Waals surface area contributed by atoms with Crippen molar-refractivity contribution in [3.63, 3.8) is 0 Å². The van der Waals surface area contributed by atoms with Gasteiger partial charge in [-0.15, -0.1) is 11.3 Å². The van der Waals surface area contributed by atoms with Gasteiger partial charge in [0.2, 0.25) is 5.88 Å². The third kappa shape index (κ3) is 3.94. The van der Waals surface area contributed by atoms with Crippen LogP contribution in [0.5, 0.6) is 5.88 Å². The number of fused-ring (bicyclic) bond motifs is 3. The van der Waals surface area contributed by atoms with E-state index in [1.807, 2.05) is 23.5 Å².